The highest BCUT2D eigenvalue weighted by Crippen LogP contribution is 2.36. The van der Waals surface area contributed by atoms with E-state index in [2.05, 4.69) is 22.4 Å². The third-order valence-corrected chi connectivity index (χ3v) is 2.41. The fourth-order valence-corrected chi connectivity index (χ4v) is 1.70. The molecule has 3 heteroatoms. The Morgan fingerprint density at radius 3 is 2.73 bits per heavy atom. The minimum Gasteiger partial charge on any atom is -0.360 e. The summed E-state index contributed by atoms with van der Waals surface area (Å²) in [6, 6.07) is 14.0. The summed E-state index contributed by atoms with van der Waals surface area (Å²) in [5.41, 5.74) is 2.25. The number of aromatic nitrogens is 1. The Morgan fingerprint density at radius 1 is 1.00 bits per heavy atom. The summed E-state index contributed by atoms with van der Waals surface area (Å²) in [4.78, 5) is 6.35. The van der Waals surface area contributed by atoms with E-state index in [4.69, 9.17) is 0 Å². The van der Waals surface area contributed by atoms with Crippen LogP contribution in [-0.2, 0) is 0 Å². The van der Waals surface area contributed by atoms with Gasteiger partial charge < -0.3 is 5.32 Å². The van der Waals surface area contributed by atoms with Gasteiger partial charge in [0.1, 0.15) is 12.5 Å². The van der Waals surface area contributed by atoms with Crippen molar-refractivity contribution in [3.05, 3.63) is 55.3 Å². The summed E-state index contributed by atoms with van der Waals surface area (Å²) in [5, 5.41) is 3.21. The average molecular weight is 196 g/mol. The van der Waals surface area contributed by atoms with Crippen LogP contribution in [0.3, 0.4) is 0 Å². The van der Waals surface area contributed by atoms with E-state index in [0.717, 1.165) is 17.2 Å². The maximum Gasteiger partial charge on any atom is 0.145 e. The van der Waals surface area contributed by atoms with Gasteiger partial charge in [-0.05, 0) is 24.3 Å². The van der Waals surface area contributed by atoms with Crippen molar-refractivity contribution in [2.24, 2.45) is 0 Å². The van der Waals surface area contributed by atoms with Gasteiger partial charge >= 0.3 is 0 Å². The number of anilines is 3. The molecule has 1 aromatic carbocycles. The lowest BCUT2D eigenvalue weighted by atomic mass is 10.2. The van der Waals surface area contributed by atoms with Crippen LogP contribution in [0.5, 0.6) is 0 Å². The summed E-state index contributed by atoms with van der Waals surface area (Å²) >= 11 is 0. The Labute approximate surface area is 88.4 Å². The molecular formula is C12H10N3. The van der Waals surface area contributed by atoms with E-state index in [1.165, 1.54) is 0 Å². The molecule has 2 heterocycles. The maximum absolute atomic E-state index is 4.31. The Balaban J connectivity index is 2.05. The number of nitrogens with zero attached hydrogens (tertiary/aromatic N) is 2. The van der Waals surface area contributed by atoms with Gasteiger partial charge in [0.25, 0.3) is 0 Å². The van der Waals surface area contributed by atoms with E-state index in [1.807, 2.05) is 41.9 Å². The second-order valence-corrected chi connectivity index (χ2v) is 3.35. The van der Waals surface area contributed by atoms with E-state index in [1.54, 1.807) is 6.20 Å². The van der Waals surface area contributed by atoms with Crippen molar-refractivity contribution < 1.29 is 0 Å². The van der Waals surface area contributed by atoms with E-state index >= 15 is 0 Å². The first-order valence-electron chi connectivity index (χ1n) is 4.84. The molecule has 1 aromatic heterocycles. The third kappa shape index (κ3) is 1.32. The van der Waals surface area contributed by atoms with Gasteiger partial charge in [0.2, 0.25) is 0 Å². The number of fused-ring (bicyclic) bond motifs is 1. The molecule has 1 aliphatic rings. The Bertz CT molecular complexity index is 467. The first-order valence-corrected chi connectivity index (χ1v) is 4.84. The molecular weight excluding hydrogens is 186 g/mol. The molecule has 0 amide bonds. The molecule has 0 bridgehead atoms. The van der Waals surface area contributed by atoms with Crippen molar-refractivity contribution >= 4 is 17.2 Å². The van der Waals surface area contributed by atoms with Gasteiger partial charge in [-0.3, -0.25) is 4.90 Å². The topological polar surface area (TPSA) is 28.2 Å². The fourth-order valence-electron chi connectivity index (χ4n) is 1.70. The number of hydrogen-bond acceptors (Lipinski definition) is 3. The molecule has 0 atom stereocenters. The molecule has 73 valence electrons. The first-order chi connectivity index (χ1) is 7.45. The van der Waals surface area contributed by atoms with Gasteiger partial charge in [-0.25, -0.2) is 4.98 Å². The van der Waals surface area contributed by atoms with Gasteiger partial charge in [-0.15, -0.1) is 0 Å². The first kappa shape index (κ1) is 8.29. The summed E-state index contributed by atoms with van der Waals surface area (Å²) in [7, 11) is 0. The van der Waals surface area contributed by atoms with Gasteiger partial charge in [0.05, 0.1) is 11.4 Å². The van der Waals surface area contributed by atoms with Crippen molar-refractivity contribution in [2.45, 2.75) is 0 Å². The lowest BCUT2D eigenvalue weighted by molar-refractivity contribution is 1.14. The Kier molecular flexibility index (Phi) is 1.81. The average Bonchev–Trinajstić information content (AvgIpc) is 2.74. The number of rotatable bonds is 1. The van der Waals surface area contributed by atoms with Gasteiger partial charge in [-0.2, -0.15) is 0 Å². The van der Waals surface area contributed by atoms with Crippen LogP contribution in [-0.4, -0.2) is 4.98 Å². The minimum atomic E-state index is 0.926. The van der Waals surface area contributed by atoms with E-state index < -0.39 is 0 Å². The highest BCUT2D eigenvalue weighted by molar-refractivity contribution is 5.82. The maximum atomic E-state index is 4.31. The van der Waals surface area contributed by atoms with Crippen LogP contribution in [0, 0.1) is 6.67 Å². The molecule has 3 rings (SSSR count). The number of benzene rings is 1. The monoisotopic (exact) mass is 196 g/mol. The molecule has 0 saturated carbocycles. The van der Waals surface area contributed by atoms with E-state index in [0.29, 0.717) is 0 Å². The molecule has 0 fully saturated rings. The zero-order chi connectivity index (χ0) is 10.1. The molecule has 0 unspecified atom stereocenters. The van der Waals surface area contributed by atoms with Crippen LogP contribution in [0.2, 0.25) is 0 Å². The molecule has 2 aromatic rings. The van der Waals surface area contributed by atoms with Crippen LogP contribution >= 0.6 is 0 Å². The number of hydrogen-bond donors (Lipinski definition) is 1. The summed E-state index contributed by atoms with van der Waals surface area (Å²) in [5.74, 6) is 0.926. The predicted octanol–water partition coefficient (Wildman–Crippen LogP) is 2.76. The van der Waals surface area contributed by atoms with E-state index in [-0.39, 0.29) is 0 Å². The van der Waals surface area contributed by atoms with E-state index in [9.17, 15) is 0 Å². The smallest absolute Gasteiger partial charge is 0.145 e. The highest BCUT2D eigenvalue weighted by atomic mass is 15.3. The highest BCUT2D eigenvalue weighted by Gasteiger charge is 2.20. The third-order valence-electron chi connectivity index (χ3n) is 2.41. The molecule has 0 spiro atoms. The van der Waals surface area contributed by atoms with Crippen molar-refractivity contribution in [1.82, 2.24) is 4.98 Å². The molecule has 15 heavy (non-hydrogen) atoms. The van der Waals surface area contributed by atoms with Crippen LogP contribution in [0.25, 0.3) is 0 Å². The molecule has 1 radical (unpaired) electrons. The van der Waals surface area contributed by atoms with Crippen LogP contribution in [0.1, 0.15) is 0 Å². The van der Waals surface area contributed by atoms with Gasteiger partial charge in [-0.1, -0.05) is 18.2 Å². The molecule has 1 N–H and O–H groups in total. The SMILES string of the molecule is [CH]1Nc2ccccc2N1c1ccccn1. The van der Waals surface area contributed by atoms with Crippen LogP contribution < -0.4 is 10.2 Å². The second kappa shape index (κ2) is 3.28. The summed E-state index contributed by atoms with van der Waals surface area (Å²) in [6.07, 6.45) is 1.80. The summed E-state index contributed by atoms with van der Waals surface area (Å²) < 4.78 is 0. The quantitative estimate of drug-likeness (QED) is 0.760. The minimum absolute atomic E-state index is 0.926. The zero-order valence-corrected chi connectivity index (χ0v) is 8.09. The normalized spacial score (nSPS) is 13.5. The molecule has 0 aliphatic carbocycles. The Hall–Kier alpha value is -2.03. The lowest BCUT2D eigenvalue weighted by Crippen LogP contribution is -2.11. The molecule has 3 nitrogen and oxygen atoms in total. The van der Waals surface area contributed by atoms with Gasteiger partial charge in [0, 0.05) is 6.20 Å². The van der Waals surface area contributed by atoms with Crippen LogP contribution in [0.15, 0.2) is 48.7 Å². The largest absolute Gasteiger partial charge is 0.360 e. The van der Waals surface area contributed by atoms with Crippen molar-refractivity contribution in [3.8, 4) is 0 Å². The predicted molar refractivity (Wildman–Crippen MR) is 60.7 cm³/mol. The summed E-state index contributed by atoms with van der Waals surface area (Å²) in [6.45, 7) is 1.92. The number of pyridine rings is 1. The van der Waals surface area contributed by atoms with Crippen LogP contribution in [0.4, 0.5) is 17.2 Å². The lowest BCUT2D eigenvalue weighted by Gasteiger charge is -2.15. The standard InChI is InChI=1S/C12H10N3/c1-2-6-11-10(5-1)14-9-15(11)12-7-3-4-8-13-12/h1-9,14H. The zero-order valence-electron chi connectivity index (χ0n) is 8.09. The number of nitrogens with one attached hydrogen (secondary N) is 1. The molecule has 0 saturated heterocycles. The Morgan fingerprint density at radius 2 is 1.87 bits per heavy atom. The number of para-hydroxylation sites is 2. The molecule has 1 aliphatic heterocycles. The van der Waals surface area contributed by atoms with Gasteiger partial charge in [0.15, 0.2) is 0 Å². The van der Waals surface area contributed by atoms with Crippen molar-refractivity contribution in [3.63, 3.8) is 0 Å². The fraction of sp³-hybridized carbons (Fsp3) is 0. The second-order valence-electron chi connectivity index (χ2n) is 3.35. The van der Waals surface area contributed by atoms with Crippen molar-refractivity contribution in [2.75, 3.05) is 10.2 Å². The van der Waals surface area contributed by atoms with Crippen molar-refractivity contribution in [1.29, 1.82) is 0 Å².